The lowest BCUT2D eigenvalue weighted by Crippen LogP contribution is -2.32. The summed E-state index contributed by atoms with van der Waals surface area (Å²) in [7, 11) is 1.67. The number of methoxy groups -OCH3 is 1. The standard InChI is InChI=1S/C17H30N2O2/c1-13(17(2,3)4)12-15(19-18)14-8-6-7-9-16(14)21-11-10-20-5/h6-9,13,15,19H,10-12,18H2,1-5H3. The summed E-state index contributed by atoms with van der Waals surface area (Å²) in [4.78, 5) is 0. The van der Waals surface area contributed by atoms with Gasteiger partial charge in [0, 0.05) is 18.7 Å². The summed E-state index contributed by atoms with van der Waals surface area (Å²) in [5.74, 6) is 7.20. The molecule has 0 radical (unpaired) electrons. The predicted molar refractivity (Wildman–Crippen MR) is 87.1 cm³/mol. The molecule has 0 bridgehead atoms. The van der Waals surface area contributed by atoms with Crippen molar-refractivity contribution in [1.29, 1.82) is 0 Å². The zero-order valence-corrected chi connectivity index (χ0v) is 14.0. The minimum absolute atomic E-state index is 0.0815. The van der Waals surface area contributed by atoms with Gasteiger partial charge in [-0.25, -0.2) is 0 Å². The maximum atomic E-state index is 5.81. The van der Waals surface area contributed by atoms with Gasteiger partial charge in [0.1, 0.15) is 12.4 Å². The van der Waals surface area contributed by atoms with E-state index in [0.717, 1.165) is 17.7 Å². The van der Waals surface area contributed by atoms with Crippen LogP contribution in [0.4, 0.5) is 0 Å². The Morgan fingerprint density at radius 1 is 1.19 bits per heavy atom. The predicted octanol–water partition coefficient (Wildman–Crippen LogP) is 3.29. The highest BCUT2D eigenvalue weighted by atomic mass is 16.5. The molecule has 0 saturated carbocycles. The number of nitrogens with two attached hydrogens (primary N) is 1. The highest BCUT2D eigenvalue weighted by molar-refractivity contribution is 5.36. The molecule has 0 fully saturated rings. The van der Waals surface area contributed by atoms with Gasteiger partial charge in [-0.05, 0) is 23.8 Å². The zero-order chi connectivity index (χ0) is 15.9. The summed E-state index contributed by atoms with van der Waals surface area (Å²) < 4.78 is 10.8. The molecule has 0 aliphatic heterocycles. The van der Waals surface area contributed by atoms with Gasteiger partial charge >= 0.3 is 0 Å². The first-order chi connectivity index (χ1) is 9.90. The molecule has 4 heteroatoms. The molecule has 0 aromatic heterocycles. The molecule has 0 heterocycles. The number of hydrogen-bond donors (Lipinski definition) is 2. The lowest BCUT2D eigenvalue weighted by atomic mass is 9.77. The van der Waals surface area contributed by atoms with Crippen LogP contribution in [0.2, 0.25) is 0 Å². The van der Waals surface area contributed by atoms with Crippen LogP contribution in [0, 0.1) is 11.3 Å². The normalized spacial score (nSPS) is 14.8. The molecule has 21 heavy (non-hydrogen) atoms. The van der Waals surface area contributed by atoms with E-state index < -0.39 is 0 Å². The van der Waals surface area contributed by atoms with Crippen molar-refractivity contribution in [3.63, 3.8) is 0 Å². The van der Waals surface area contributed by atoms with Crippen molar-refractivity contribution in [2.75, 3.05) is 20.3 Å². The first-order valence-electron chi connectivity index (χ1n) is 7.57. The first-order valence-corrected chi connectivity index (χ1v) is 7.57. The highest BCUT2D eigenvalue weighted by Crippen LogP contribution is 2.35. The average molecular weight is 294 g/mol. The molecular formula is C17H30N2O2. The monoisotopic (exact) mass is 294 g/mol. The molecule has 0 spiro atoms. The molecule has 1 aromatic carbocycles. The van der Waals surface area contributed by atoms with E-state index in [1.165, 1.54) is 0 Å². The largest absolute Gasteiger partial charge is 0.491 e. The van der Waals surface area contributed by atoms with Gasteiger partial charge < -0.3 is 9.47 Å². The van der Waals surface area contributed by atoms with Crippen LogP contribution in [0.1, 0.15) is 45.7 Å². The fourth-order valence-corrected chi connectivity index (χ4v) is 2.13. The lowest BCUT2D eigenvalue weighted by Gasteiger charge is -2.31. The number of ether oxygens (including phenoxy) is 2. The average Bonchev–Trinajstić information content (AvgIpc) is 2.44. The Hall–Kier alpha value is -1.10. The molecular weight excluding hydrogens is 264 g/mol. The second-order valence-electron chi connectivity index (χ2n) is 6.60. The molecule has 120 valence electrons. The Bertz CT molecular complexity index is 415. The van der Waals surface area contributed by atoms with Gasteiger partial charge in [-0.15, -0.1) is 0 Å². The van der Waals surface area contributed by atoms with Crippen LogP contribution in [0.25, 0.3) is 0 Å². The molecule has 0 saturated heterocycles. The number of benzene rings is 1. The molecule has 2 atom stereocenters. The number of nitrogens with one attached hydrogen (secondary N) is 1. The molecule has 0 amide bonds. The molecule has 4 nitrogen and oxygen atoms in total. The fraction of sp³-hybridized carbons (Fsp3) is 0.647. The van der Waals surface area contributed by atoms with Crippen LogP contribution < -0.4 is 16.0 Å². The van der Waals surface area contributed by atoms with E-state index in [1.807, 2.05) is 18.2 Å². The summed E-state index contributed by atoms with van der Waals surface area (Å²) >= 11 is 0. The molecule has 0 aliphatic rings. The lowest BCUT2D eigenvalue weighted by molar-refractivity contribution is 0.144. The molecule has 1 aromatic rings. The van der Waals surface area contributed by atoms with Crippen LogP contribution in [0.5, 0.6) is 5.75 Å². The van der Waals surface area contributed by atoms with Crippen molar-refractivity contribution < 1.29 is 9.47 Å². The number of para-hydroxylation sites is 1. The van der Waals surface area contributed by atoms with E-state index in [-0.39, 0.29) is 11.5 Å². The summed E-state index contributed by atoms with van der Waals surface area (Å²) in [5, 5.41) is 0. The third-order valence-corrected chi connectivity index (χ3v) is 4.11. The molecule has 2 unspecified atom stereocenters. The first kappa shape index (κ1) is 18.0. The maximum Gasteiger partial charge on any atom is 0.124 e. The Balaban J connectivity index is 2.84. The van der Waals surface area contributed by atoms with E-state index in [2.05, 4.69) is 39.2 Å². The van der Waals surface area contributed by atoms with E-state index in [0.29, 0.717) is 19.1 Å². The Morgan fingerprint density at radius 2 is 1.86 bits per heavy atom. The van der Waals surface area contributed by atoms with Gasteiger partial charge in [0.25, 0.3) is 0 Å². The second-order valence-corrected chi connectivity index (χ2v) is 6.60. The van der Waals surface area contributed by atoms with Crippen molar-refractivity contribution in [2.24, 2.45) is 17.2 Å². The van der Waals surface area contributed by atoms with Crippen molar-refractivity contribution in [1.82, 2.24) is 5.43 Å². The van der Waals surface area contributed by atoms with Gasteiger partial charge in [0.05, 0.1) is 6.61 Å². The quantitative estimate of drug-likeness (QED) is 0.439. The topological polar surface area (TPSA) is 56.5 Å². The SMILES string of the molecule is COCCOc1ccccc1C(CC(C)C(C)(C)C)NN. The van der Waals surface area contributed by atoms with E-state index in [1.54, 1.807) is 7.11 Å². The van der Waals surface area contributed by atoms with Crippen molar-refractivity contribution in [3.8, 4) is 5.75 Å². The summed E-state index contributed by atoms with van der Waals surface area (Å²) in [5.41, 5.74) is 4.30. The van der Waals surface area contributed by atoms with Crippen LogP contribution in [-0.2, 0) is 4.74 Å². The Kier molecular flexibility index (Phi) is 7.15. The van der Waals surface area contributed by atoms with Crippen LogP contribution in [0.15, 0.2) is 24.3 Å². The van der Waals surface area contributed by atoms with Crippen molar-refractivity contribution in [3.05, 3.63) is 29.8 Å². The van der Waals surface area contributed by atoms with E-state index >= 15 is 0 Å². The number of hydrogen-bond acceptors (Lipinski definition) is 4. The third kappa shape index (κ3) is 5.65. The van der Waals surface area contributed by atoms with Crippen molar-refractivity contribution in [2.45, 2.75) is 40.2 Å². The highest BCUT2D eigenvalue weighted by Gasteiger charge is 2.25. The van der Waals surface area contributed by atoms with Gasteiger partial charge in [0.15, 0.2) is 0 Å². The fourth-order valence-electron chi connectivity index (χ4n) is 2.13. The van der Waals surface area contributed by atoms with Crippen LogP contribution in [0.3, 0.4) is 0 Å². The smallest absolute Gasteiger partial charge is 0.124 e. The maximum absolute atomic E-state index is 5.81. The van der Waals surface area contributed by atoms with E-state index in [4.69, 9.17) is 15.3 Å². The third-order valence-electron chi connectivity index (χ3n) is 4.11. The minimum Gasteiger partial charge on any atom is -0.491 e. The number of hydrazine groups is 1. The van der Waals surface area contributed by atoms with Crippen LogP contribution >= 0.6 is 0 Å². The second kappa shape index (κ2) is 8.37. The number of rotatable bonds is 8. The molecule has 0 aliphatic carbocycles. The molecule has 1 rings (SSSR count). The summed E-state index contributed by atoms with van der Waals surface area (Å²) in [6, 6.07) is 8.13. The Labute approximate surface area is 129 Å². The van der Waals surface area contributed by atoms with Crippen LogP contribution in [-0.4, -0.2) is 20.3 Å². The van der Waals surface area contributed by atoms with Gasteiger partial charge in [-0.1, -0.05) is 45.9 Å². The van der Waals surface area contributed by atoms with Gasteiger partial charge in [-0.3, -0.25) is 11.3 Å². The zero-order valence-electron chi connectivity index (χ0n) is 14.0. The van der Waals surface area contributed by atoms with E-state index in [9.17, 15) is 0 Å². The minimum atomic E-state index is 0.0815. The summed E-state index contributed by atoms with van der Waals surface area (Å²) in [6.07, 6.45) is 0.963. The van der Waals surface area contributed by atoms with Gasteiger partial charge in [-0.2, -0.15) is 0 Å². The molecule has 3 N–H and O–H groups in total. The van der Waals surface area contributed by atoms with Gasteiger partial charge in [0.2, 0.25) is 0 Å². The van der Waals surface area contributed by atoms with Crippen molar-refractivity contribution >= 4 is 0 Å². The Morgan fingerprint density at radius 3 is 2.43 bits per heavy atom. The summed E-state index contributed by atoms with van der Waals surface area (Å²) in [6.45, 7) is 10.1.